The predicted octanol–water partition coefficient (Wildman–Crippen LogP) is 5.11. The Morgan fingerprint density at radius 1 is 0.893 bits per heavy atom. The van der Waals surface area contributed by atoms with Crippen LogP contribution in [0.5, 0.6) is 5.75 Å². The normalized spacial score (nSPS) is 15.6. The van der Waals surface area contributed by atoms with E-state index in [0.29, 0.717) is 6.61 Å². The summed E-state index contributed by atoms with van der Waals surface area (Å²) in [5.74, 6) is 2.18. The molecule has 4 heteroatoms. The Bertz CT molecular complexity index is 902. The summed E-state index contributed by atoms with van der Waals surface area (Å²) < 4.78 is 8.55. The number of aromatic nitrogens is 2. The molecule has 148 valence electrons. The van der Waals surface area contributed by atoms with Gasteiger partial charge in [-0.05, 0) is 63.0 Å². The van der Waals surface area contributed by atoms with Gasteiger partial charge in [0.05, 0.1) is 24.1 Å². The minimum absolute atomic E-state index is 0.652. The minimum atomic E-state index is 0.652. The number of rotatable bonds is 6. The average molecular weight is 378 g/mol. The lowest BCUT2D eigenvalue weighted by Gasteiger charge is -2.20. The van der Waals surface area contributed by atoms with Crippen LogP contribution in [0.25, 0.3) is 11.0 Å². The second-order valence-corrected chi connectivity index (χ2v) is 7.93. The molecular weight excluding hydrogens is 346 g/mol. The molecule has 4 nitrogen and oxygen atoms in total. The molecular formula is C24H31N3O. The number of para-hydroxylation sites is 3. The van der Waals surface area contributed by atoms with E-state index in [-0.39, 0.29) is 0 Å². The lowest BCUT2D eigenvalue weighted by molar-refractivity contribution is 0.258. The zero-order valence-corrected chi connectivity index (χ0v) is 17.2. The molecule has 1 fully saturated rings. The fourth-order valence-electron chi connectivity index (χ4n) is 4.26. The third kappa shape index (κ3) is 4.22. The van der Waals surface area contributed by atoms with Gasteiger partial charge in [0.25, 0.3) is 0 Å². The largest absolute Gasteiger partial charge is 0.491 e. The number of benzene rings is 2. The lowest BCUT2D eigenvalue weighted by Crippen LogP contribution is -2.26. The maximum atomic E-state index is 6.19. The van der Waals surface area contributed by atoms with Crippen molar-refractivity contribution in [3.05, 3.63) is 59.4 Å². The molecule has 1 aliphatic heterocycles. The van der Waals surface area contributed by atoms with Crippen molar-refractivity contribution in [1.82, 2.24) is 14.5 Å². The number of hydrogen-bond acceptors (Lipinski definition) is 3. The van der Waals surface area contributed by atoms with Crippen molar-refractivity contribution >= 4 is 11.0 Å². The SMILES string of the molecule is Cc1cccc(C)c1OCCn1c(CN2CCCCCC2)nc2ccccc21. The number of fused-ring (bicyclic) bond motifs is 1. The molecule has 0 spiro atoms. The molecule has 28 heavy (non-hydrogen) atoms. The van der Waals surface area contributed by atoms with Crippen LogP contribution in [-0.2, 0) is 13.1 Å². The van der Waals surface area contributed by atoms with Gasteiger partial charge in [-0.25, -0.2) is 4.98 Å². The van der Waals surface area contributed by atoms with E-state index in [1.807, 2.05) is 0 Å². The zero-order chi connectivity index (χ0) is 19.3. The Kier molecular flexibility index (Phi) is 5.96. The van der Waals surface area contributed by atoms with E-state index < -0.39 is 0 Å². The van der Waals surface area contributed by atoms with Crippen LogP contribution in [0, 0.1) is 13.8 Å². The Balaban J connectivity index is 1.53. The average Bonchev–Trinajstić information content (AvgIpc) is 2.85. The molecule has 0 N–H and O–H groups in total. The van der Waals surface area contributed by atoms with Gasteiger partial charge in [-0.3, -0.25) is 4.90 Å². The van der Waals surface area contributed by atoms with Crippen LogP contribution >= 0.6 is 0 Å². The van der Waals surface area contributed by atoms with E-state index >= 15 is 0 Å². The third-order valence-electron chi connectivity index (χ3n) is 5.77. The van der Waals surface area contributed by atoms with Crippen molar-refractivity contribution < 1.29 is 4.74 Å². The molecule has 1 aliphatic rings. The second-order valence-electron chi connectivity index (χ2n) is 7.93. The van der Waals surface area contributed by atoms with Crippen LogP contribution in [0.1, 0.15) is 42.6 Å². The van der Waals surface area contributed by atoms with Crippen molar-refractivity contribution in [2.45, 2.75) is 52.6 Å². The fourth-order valence-corrected chi connectivity index (χ4v) is 4.26. The lowest BCUT2D eigenvalue weighted by atomic mass is 10.1. The van der Waals surface area contributed by atoms with E-state index in [9.17, 15) is 0 Å². The van der Waals surface area contributed by atoms with Gasteiger partial charge in [-0.2, -0.15) is 0 Å². The maximum Gasteiger partial charge on any atom is 0.125 e. The summed E-state index contributed by atoms with van der Waals surface area (Å²) in [6.45, 7) is 8.98. The molecule has 0 amide bonds. The molecule has 0 bridgehead atoms. The number of aryl methyl sites for hydroxylation is 2. The van der Waals surface area contributed by atoms with Gasteiger partial charge in [0, 0.05) is 0 Å². The Morgan fingerprint density at radius 2 is 1.61 bits per heavy atom. The summed E-state index contributed by atoms with van der Waals surface area (Å²) >= 11 is 0. The Labute approximate surface area is 168 Å². The Morgan fingerprint density at radius 3 is 2.36 bits per heavy atom. The summed E-state index contributed by atoms with van der Waals surface area (Å²) in [5.41, 5.74) is 4.68. The molecule has 0 aliphatic carbocycles. The summed E-state index contributed by atoms with van der Waals surface area (Å²) in [4.78, 5) is 7.53. The monoisotopic (exact) mass is 377 g/mol. The van der Waals surface area contributed by atoms with Crippen molar-refractivity contribution in [2.24, 2.45) is 0 Å². The predicted molar refractivity (Wildman–Crippen MR) is 115 cm³/mol. The van der Waals surface area contributed by atoms with Crippen molar-refractivity contribution in [1.29, 1.82) is 0 Å². The number of likely N-dealkylation sites (tertiary alicyclic amines) is 1. The van der Waals surface area contributed by atoms with Gasteiger partial charge < -0.3 is 9.30 Å². The number of nitrogens with zero attached hydrogens (tertiary/aromatic N) is 3. The van der Waals surface area contributed by atoms with Crippen molar-refractivity contribution in [3.63, 3.8) is 0 Å². The van der Waals surface area contributed by atoms with Gasteiger partial charge in [0.1, 0.15) is 18.2 Å². The van der Waals surface area contributed by atoms with Crippen molar-refractivity contribution in [3.8, 4) is 5.75 Å². The smallest absolute Gasteiger partial charge is 0.125 e. The van der Waals surface area contributed by atoms with Gasteiger partial charge >= 0.3 is 0 Å². The molecule has 1 aromatic heterocycles. The highest BCUT2D eigenvalue weighted by Gasteiger charge is 2.16. The molecule has 0 atom stereocenters. The van der Waals surface area contributed by atoms with E-state index in [0.717, 1.165) is 30.2 Å². The number of ether oxygens (including phenoxy) is 1. The highest BCUT2D eigenvalue weighted by atomic mass is 16.5. The maximum absolute atomic E-state index is 6.19. The van der Waals surface area contributed by atoms with Crippen LogP contribution in [-0.4, -0.2) is 34.1 Å². The van der Waals surface area contributed by atoms with Gasteiger partial charge in [-0.1, -0.05) is 43.2 Å². The van der Waals surface area contributed by atoms with E-state index in [2.05, 4.69) is 65.8 Å². The molecule has 2 heterocycles. The van der Waals surface area contributed by atoms with Gasteiger partial charge in [0.15, 0.2) is 0 Å². The van der Waals surface area contributed by atoms with E-state index in [4.69, 9.17) is 9.72 Å². The molecule has 0 unspecified atom stereocenters. The molecule has 3 aromatic rings. The molecule has 2 aromatic carbocycles. The first kappa shape index (κ1) is 19.0. The van der Waals surface area contributed by atoms with Crippen LogP contribution < -0.4 is 4.74 Å². The fraction of sp³-hybridized carbons (Fsp3) is 0.458. The van der Waals surface area contributed by atoms with Crippen LogP contribution in [0.15, 0.2) is 42.5 Å². The van der Waals surface area contributed by atoms with Crippen molar-refractivity contribution in [2.75, 3.05) is 19.7 Å². The first-order valence-corrected chi connectivity index (χ1v) is 10.6. The summed E-state index contributed by atoms with van der Waals surface area (Å²) in [5, 5.41) is 0. The Hall–Kier alpha value is -2.33. The standard InChI is InChI=1S/C24H31N3O/c1-19-10-9-11-20(2)24(19)28-17-16-27-22-13-6-5-12-21(22)25-23(27)18-26-14-7-3-4-8-15-26/h5-6,9-13H,3-4,7-8,14-18H2,1-2H3. The van der Waals surface area contributed by atoms with E-state index in [1.54, 1.807) is 0 Å². The summed E-state index contributed by atoms with van der Waals surface area (Å²) in [7, 11) is 0. The van der Waals surface area contributed by atoms with Crippen LogP contribution in [0.4, 0.5) is 0 Å². The molecule has 1 saturated heterocycles. The van der Waals surface area contributed by atoms with Gasteiger partial charge in [-0.15, -0.1) is 0 Å². The second kappa shape index (κ2) is 8.78. The zero-order valence-electron chi connectivity index (χ0n) is 17.2. The topological polar surface area (TPSA) is 30.3 Å². The number of hydrogen-bond donors (Lipinski definition) is 0. The first-order valence-electron chi connectivity index (χ1n) is 10.6. The van der Waals surface area contributed by atoms with Gasteiger partial charge in [0.2, 0.25) is 0 Å². The molecule has 0 radical (unpaired) electrons. The molecule has 0 saturated carbocycles. The number of imidazole rings is 1. The molecule has 4 rings (SSSR count). The third-order valence-corrected chi connectivity index (χ3v) is 5.77. The van der Waals surface area contributed by atoms with Crippen LogP contribution in [0.3, 0.4) is 0 Å². The highest BCUT2D eigenvalue weighted by molar-refractivity contribution is 5.75. The summed E-state index contributed by atoms with van der Waals surface area (Å²) in [6, 6.07) is 14.8. The first-order chi connectivity index (χ1) is 13.7. The summed E-state index contributed by atoms with van der Waals surface area (Å²) in [6.07, 6.45) is 5.32. The van der Waals surface area contributed by atoms with Crippen LogP contribution in [0.2, 0.25) is 0 Å². The quantitative estimate of drug-likeness (QED) is 0.598. The minimum Gasteiger partial charge on any atom is -0.491 e. The highest BCUT2D eigenvalue weighted by Crippen LogP contribution is 2.23. The van der Waals surface area contributed by atoms with E-state index in [1.165, 1.54) is 55.4 Å².